The lowest BCUT2D eigenvalue weighted by Gasteiger charge is -2.35. The molecule has 1 unspecified atom stereocenters. The topological polar surface area (TPSA) is 66.8 Å². The Morgan fingerprint density at radius 1 is 1.10 bits per heavy atom. The molecule has 4 heteroatoms. The van der Waals surface area contributed by atoms with Crippen LogP contribution < -0.4 is 0 Å². The Bertz CT molecular complexity index is 511. The van der Waals surface area contributed by atoms with Crippen LogP contribution in [-0.4, -0.2) is 34.5 Å². The lowest BCUT2D eigenvalue weighted by molar-refractivity contribution is -0.143. The fourth-order valence-electron chi connectivity index (χ4n) is 5.31. The first-order chi connectivity index (χ1) is 14.9. The van der Waals surface area contributed by atoms with E-state index in [0.717, 1.165) is 77.0 Å². The quantitative estimate of drug-likeness (QED) is 0.150. The van der Waals surface area contributed by atoms with Crippen LogP contribution in [-0.2, 0) is 9.53 Å². The Balaban J connectivity index is 2.57. The Kier molecular flexibility index (Phi) is 14.4. The van der Waals surface area contributed by atoms with E-state index < -0.39 is 5.60 Å². The van der Waals surface area contributed by atoms with Gasteiger partial charge < -0.3 is 14.9 Å². The van der Waals surface area contributed by atoms with E-state index >= 15 is 0 Å². The highest BCUT2D eigenvalue weighted by Crippen LogP contribution is 2.39. The summed E-state index contributed by atoms with van der Waals surface area (Å²) in [5.41, 5.74) is 0.746. The van der Waals surface area contributed by atoms with Crippen molar-refractivity contribution in [2.24, 2.45) is 11.8 Å². The van der Waals surface area contributed by atoms with Crippen molar-refractivity contribution >= 4 is 5.97 Å². The summed E-state index contributed by atoms with van der Waals surface area (Å²) in [6.07, 6.45) is 16.5. The minimum absolute atomic E-state index is 0.0946. The molecular formula is C27H50O4. The van der Waals surface area contributed by atoms with E-state index in [4.69, 9.17) is 4.74 Å². The van der Waals surface area contributed by atoms with Crippen molar-refractivity contribution in [1.82, 2.24) is 0 Å². The normalized spacial score (nSPS) is 22.2. The zero-order valence-corrected chi connectivity index (χ0v) is 20.8. The maximum atomic E-state index is 11.5. The van der Waals surface area contributed by atoms with Gasteiger partial charge in [-0.3, -0.25) is 4.79 Å². The van der Waals surface area contributed by atoms with E-state index in [1.54, 1.807) is 0 Å². The highest BCUT2D eigenvalue weighted by molar-refractivity contribution is 5.69. The second-order valence-corrected chi connectivity index (χ2v) is 9.53. The predicted octanol–water partition coefficient (Wildman–Crippen LogP) is 6.73. The van der Waals surface area contributed by atoms with Gasteiger partial charge >= 0.3 is 5.97 Å². The van der Waals surface area contributed by atoms with Crippen molar-refractivity contribution in [3.05, 3.63) is 11.6 Å². The van der Waals surface area contributed by atoms with Crippen molar-refractivity contribution in [3.63, 3.8) is 0 Å². The zero-order valence-electron chi connectivity index (χ0n) is 20.8. The molecule has 4 nitrogen and oxygen atoms in total. The van der Waals surface area contributed by atoms with Gasteiger partial charge in [-0.1, -0.05) is 83.8 Å². The minimum Gasteiger partial charge on any atom is -0.466 e. The van der Waals surface area contributed by atoms with Gasteiger partial charge in [0.15, 0.2) is 0 Å². The number of hydrogen-bond donors (Lipinski definition) is 2. The maximum absolute atomic E-state index is 11.5. The largest absolute Gasteiger partial charge is 0.466 e. The highest BCUT2D eigenvalue weighted by Gasteiger charge is 2.35. The van der Waals surface area contributed by atoms with Crippen molar-refractivity contribution in [2.75, 3.05) is 6.61 Å². The van der Waals surface area contributed by atoms with Gasteiger partial charge in [-0.15, -0.1) is 0 Å². The molecule has 0 amide bonds. The van der Waals surface area contributed by atoms with E-state index in [1.165, 1.54) is 18.4 Å². The Hall–Kier alpha value is -0.870. The van der Waals surface area contributed by atoms with E-state index in [9.17, 15) is 15.0 Å². The molecule has 0 spiro atoms. The molecule has 0 aromatic rings. The average molecular weight is 439 g/mol. The van der Waals surface area contributed by atoms with Crippen molar-refractivity contribution in [1.29, 1.82) is 0 Å². The van der Waals surface area contributed by atoms with Crippen LogP contribution in [0.15, 0.2) is 11.6 Å². The number of aliphatic hydroxyl groups is 2. The van der Waals surface area contributed by atoms with Crippen LogP contribution >= 0.6 is 0 Å². The van der Waals surface area contributed by atoms with Crippen LogP contribution in [0.3, 0.4) is 0 Å². The molecule has 3 atom stereocenters. The van der Waals surface area contributed by atoms with Gasteiger partial charge in [0.25, 0.3) is 0 Å². The number of aliphatic hydroxyl groups excluding tert-OH is 1. The molecule has 31 heavy (non-hydrogen) atoms. The standard InChI is InChI=1S/C27H50O4/c1-5-9-14-20-27(30,23(6-2)7-3)21-19-22-17-18-25(28)24(22)15-12-10-11-13-16-26(29)31-8-4/h19,23-25,28,30H,5-18,20-21H2,1-4H3/t24-,25+,27?/m1/s1. The zero-order chi connectivity index (χ0) is 23.1. The van der Waals surface area contributed by atoms with E-state index in [-0.39, 0.29) is 18.0 Å². The van der Waals surface area contributed by atoms with Gasteiger partial charge in [-0.2, -0.15) is 0 Å². The molecule has 0 heterocycles. The van der Waals surface area contributed by atoms with Crippen LogP contribution in [0.1, 0.15) is 124 Å². The summed E-state index contributed by atoms with van der Waals surface area (Å²) in [5, 5.41) is 22.1. The van der Waals surface area contributed by atoms with Crippen LogP contribution in [0.4, 0.5) is 0 Å². The monoisotopic (exact) mass is 438 g/mol. The molecule has 0 bridgehead atoms. The number of carbonyl (C=O) groups is 1. The Morgan fingerprint density at radius 2 is 1.81 bits per heavy atom. The molecule has 1 rings (SSSR count). The number of esters is 1. The van der Waals surface area contributed by atoms with Crippen LogP contribution in [0.5, 0.6) is 0 Å². The third-order valence-electron chi connectivity index (χ3n) is 7.30. The highest BCUT2D eigenvalue weighted by atomic mass is 16.5. The summed E-state index contributed by atoms with van der Waals surface area (Å²) >= 11 is 0. The molecule has 1 saturated carbocycles. The number of unbranched alkanes of at least 4 members (excludes halogenated alkanes) is 5. The Morgan fingerprint density at radius 3 is 2.45 bits per heavy atom. The molecule has 1 aliphatic carbocycles. The molecule has 1 aliphatic rings. The van der Waals surface area contributed by atoms with E-state index in [0.29, 0.717) is 18.9 Å². The van der Waals surface area contributed by atoms with Crippen LogP contribution in [0, 0.1) is 11.8 Å². The fourth-order valence-corrected chi connectivity index (χ4v) is 5.31. The van der Waals surface area contributed by atoms with Gasteiger partial charge in [0.1, 0.15) is 0 Å². The second-order valence-electron chi connectivity index (χ2n) is 9.53. The second kappa shape index (κ2) is 15.9. The molecule has 0 radical (unpaired) electrons. The molecule has 0 aromatic heterocycles. The number of hydrogen-bond acceptors (Lipinski definition) is 4. The summed E-state index contributed by atoms with van der Waals surface area (Å²) in [5.74, 6) is 0.486. The van der Waals surface area contributed by atoms with Gasteiger partial charge in [0.2, 0.25) is 0 Å². The Labute approximate surface area is 191 Å². The summed E-state index contributed by atoms with van der Waals surface area (Å²) in [4.78, 5) is 11.4. The third kappa shape index (κ3) is 10.1. The molecule has 0 aromatic carbocycles. The fraction of sp³-hybridized carbons (Fsp3) is 0.889. The number of ether oxygens (including phenoxy) is 1. The third-order valence-corrected chi connectivity index (χ3v) is 7.30. The van der Waals surface area contributed by atoms with E-state index in [2.05, 4.69) is 26.8 Å². The van der Waals surface area contributed by atoms with E-state index in [1.807, 2.05) is 6.92 Å². The molecule has 1 fully saturated rings. The summed E-state index contributed by atoms with van der Waals surface area (Å²) in [7, 11) is 0. The lowest BCUT2D eigenvalue weighted by atomic mass is 9.76. The average Bonchev–Trinajstić information content (AvgIpc) is 3.10. The molecule has 2 N–H and O–H groups in total. The maximum Gasteiger partial charge on any atom is 0.305 e. The van der Waals surface area contributed by atoms with Crippen molar-refractivity contribution in [2.45, 2.75) is 136 Å². The van der Waals surface area contributed by atoms with Crippen LogP contribution in [0.25, 0.3) is 0 Å². The van der Waals surface area contributed by atoms with Gasteiger partial charge in [0, 0.05) is 12.3 Å². The van der Waals surface area contributed by atoms with Gasteiger partial charge in [0.05, 0.1) is 18.3 Å². The number of rotatable bonds is 17. The summed E-state index contributed by atoms with van der Waals surface area (Å²) in [6, 6.07) is 0. The first-order valence-corrected chi connectivity index (χ1v) is 13.2. The molecule has 0 saturated heterocycles. The first kappa shape index (κ1) is 28.2. The lowest BCUT2D eigenvalue weighted by Crippen LogP contribution is -2.37. The minimum atomic E-state index is -0.614. The predicted molar refractivity (Wildman–Crippen MR) is 129 cm³/mol. The van der Waals surface area contributed by atoms with Gasteiger partial charge in [-0.05, 0) is 51.4 Å². The smallest absolute Gasteiger partial charge is 0.305 e. The number of carbonyl (C=O) groups excluding carboxylic acids is 1. The van der Waals surface area contributed by atoms with Crippen molar-refractivity contribution in [3.8, 4) is 0 Å². The molecule has 182 valence electrons. The van der Waals surface area contributed by atoms with Crippen LogP contribution in [0.2, 0.25) is 0 Å². The molecular weight excluding hydrogens is 388 g/mol. The van der Waals surface area contributed by atoms with Gasteiger partial charge in [-0.25, -0.2) is 0 Å². The summed E-state index contributed by atoms with van der Waals surface area (Å²) in [6.45, 7) is 8.89. The SMILES string of the molecule is CCCCCC(O)(CC=C1CC[C@H](O)[C@@H]1CCCCCCC(=O)OCC)C(CC)CC. The van der Waals surface area contributed by atoms with Crippen molar-refractivity contribution < 1.29 is 19.7 Å². The first-order valence-electron chi connectivity index (χ1n) is 13.2. The summed E-state index contributed by atoms with van der Waals surface area (Å²) < 4.78 is 4.98. The molecule has 0 aliphatic heterocycles.